The van der Waals surface area contributed by atoms with E-state index in [1.165, 1.54) is 6.42 Å². The first-order chi connectivity index (χ1) is 6.78. The monoisotopic (exact) mass is 198 g/mol. The van der Waals surface area contributed by atoms with Crippen molar-refractivity contribution in [3.8, 4) is 0 Å². The summed E-state index contributed by atoms with van der Waals surface area (Å²) in [5, 5.41) is 18.6. The summed E-state index contributed by atoms with van der Waals surface area (Å²) in [6, 6.07) is 0. The molecule has 0 saturated heterocycles. The maximum Gasteiger partial charge on any atom is 0.132 e. The predicted molar refractivity (Wildman–Crippen MR) is 50.6 cm³/mol. The fourth-order valence-electron chi connectivity index (χ4n) is 4.42. The van der Waals surface area contributed by atoms with E-state index >= 15 is 0 Å². The van der Waals surface area contributed by atoms with Crippen LogP contribution in [0.4, 0.5) is 0 Å². The van der Waals surface area contributed by atoms with Crippen LogP contribution in [-0.2, 0) is 4.89 Å². The van der Waals surface area contributed by atoms with Crippen LogP contribution in [0.5, 0.6) is 0 Å². The van der Waals surface area contributed by atoms with Gasteiger partial charge >= 0.3 is 0 Å². The van der Waals surface area contributed by atoms with E-state index in [4.69, 9.17) is 10.1 Å². The lowest BCUT2D eigenvalue weighted by Gasteiger charge is -2.58. The molecule has 0 aromatic heterocycles. The largest absolute Gasteiger partial charge is 0.393 e. The van der Waals surface area contributed by atoms with Gasteiger partial charge in [0.25, 0.3) is 0 Å². The highest BCUT2D eigenvalue weighted by atomic mass is 17.1. The van der Waals surface area contributed by atoms with Gasteiger partial charge in [-0.1, -0.05) is 0 Å². The summed E-state index contributed by atoms with van der Waals surface area (Å²) in [4.78, 5) is 4.71. The molecule has 0 aromatic carbocycles. The summed E-state index contributed by atoms with van der Waals surface area (Å²) >= 11 is 0. The van der Waals surface area contributed by atoms with E-state index in [-0.39, 0.29) is 6.61 Å². The lowest BCUT2D eigenvalue weighted by molar-refractivity contribution is -0.382. The van der Waals surface area contributed by atoms with Crippen molar-refractivity contribution in [1.29, 1.82) is 0 Å². The van der Waals surface area contributed by atoms with Gasteiger partial charge in [0, 0.05) is 0 Å². The SMILES string of the molecule is OCC1(OO)C2CC3CC(C2)CC1C3. The van der Waals surface area contributed by atoms with Crippen LogP contribution in [0, 0.1) is 23.7 Å². The minimum Gasteiger partial charge on any atom is -0.393 e. The summed E-state index contributed by atoms with van der Waals surface area (Å²) in [7, 11) is 0. The normalized spacial score (nSPS) is 55.3. The highest BCUT2D eigenvalue weighted by Crippen LogP contribution is 2.59. The van der Waals surface area contributed by atoms with Crippen molar-refractivity contribution in [2.75, 3.05) is 6.61 Å². The second-order valence-electron chi connectivity index (χ2n) is 5.51. The lowest BCUT2D eigenvalue weighted by Crippen LogP contribution is -2.60. The Labute approximate surface area is 84.0 Å². The van der Waals surface area contributed by atoms with Crippen molar-refractivity contribution in [3.05, 3.63) is 0 Å². The van der Waals surface area contributed by atoms with Crippen LogP contribution in [-0.4, -0.2) is 22.6 Å². The predicted octanol–water partition coefficient (Wildman–Crippen LogP) is 1.66. The van der Waals surface area contributed by atoms with Gasteiger partial charge in [0.15, 0.2) is 0 Å². The van der Waals surface area contributed by atoms with Crippen molar-refractivity contribution in [2.45, 2.75) is 37.7 Å². The summed E-state index contributed by atoms with van der Waals surface area (Å²) in [5.74, 6) is 2.47. The molecule has 0 heterocycles. The quantitative estimate of drug-likeness (QED) is 0.524. The molecule has 4 aliphatic carbocycles. The molecule has 4 aliphatic rings. The van der Waals surface area contributed by atoms with Crippen LogP contribution in [0.3, 0.4) is 0 Å². The molecule has 4 fully saturated rings. The highest BCUT2D eigenvalue weighted by molar-refractivity contribution is 5.07. The molecule has 3 heteroatoms. The van der Waals surface area contributed by atoms with Crippen molar-refractivity contribution in [1.82, 2.24) is 0 Å². The Balaban J connectivity index is 1.93. The van der Waals surface area contributed by atoms with Gasteiger partial charge in [0.2, 0.25) is 0 Å². The molecule has 0 spiro atoms. The Morgan fingerprint density at radius 1 is 1.00 bits per heavy atom. The third kappa shape index (κ3) is 0.980. The Kier molecular flexibility index (Phi) is 1.92. The highest BCUT2D eigenvalue weighted by Gasteiger charge is 2.58. The molecule has 0 unspecified atom stereocenters. The lowest BCUT2D eigenvalue weighted by atomic mass is 9.50. The smallest absolute Gasteiger partial charge is 0.132 e. The van der Waals surface area contributed by atoms with Gasteiger partial charge in [0.1, 0.15) is 5.60 Å². The van der Waals surface area contributed by atoms with Crippen molar-refractivity contribution in [2.24, 2.45) is 23.7 Å². The van der Waals surface area contributed by atoms with Gasteiger partial charge < -0.3 is 5.11 Å². The summed E-state index contributed by atoms with van der Waals surface area (Å²) < 4.78 is 0. The van der Waals surface area contributed by atoms with Crippen LogP contribution in [0.2, 0.25) is 0 Å². The van der Waals surface area contributed by atoms with Crippen molar-refractivity contribution >= 4 is 0 Å². The van der Waals surface area contributed by atoms with Crippen LogP contribution in [0.15, 0.2) is 0 Å². The van der Waals surface area contributed by atoms with Crippen LogP contribution >= 0.6 is 0 Å². The van der Waals surface area contributed by atoms with E-state index in [2.05, 4.69) is 0 Å². The summed E-state index contributed by atoms with van der Waals surface area (Å²) in [6.45, 7) is -0.0156. The molecule has 0 atom stereocenters. The fourth-order valence-corrected chi connectivity index (χ4v) is 4.42. The summed E-state index contributed by atoms with van der Waals surface area (Å²) in [5.41, 5.74) is -0.604. The first kappa shape index (κ1) is 9.13. The first-order valence-electron chi connectivity index (χ1n) is 5.72. The molecule has 0 aromatic rings. The van der Waals surface area contributed by atoms with Gasteiger partial charge in [-0.2, -0.15) is 0 Å². The molecular formula is C11H18O3. The zero-order valence-corrected chi connectivity index (χ0v) is 8.35. The summed E-state index contributed by atoms with van der Waals surface area (Å²) in [6.07, 6.45) is 5.96. The second kappa shape index (κ2) is 2.94. The molecule has 0 amide bonds. The third-order valence-electron chi connectivity index (χ3n) is 4.94. The van der Waals surface area contributed by atoms with E-state index in [1.807, 2.05) is 0 Å². The maximum atomic E-state index is 9.46. The van der Waals surface area contributed by atoms with Gasteiger partial charge in [-0.15, -0.1) is 0 Å². The molecule has 4 rings (SSSR count). The topological polar surface area (TPSA) is 49.7 Å². The minimum atomic E-state index is -0.604. The Morgan fingerprint density at radius 3 is 1.86 bits per heavy atom. The Bertz CT molecular complexity index is 205. The van der Waals surface area contributed by atoms with Gasteiger partial charge in [-0.05, 0) is 55.8 Å². The van der Waals surface area contributed by atoms with Gasteiger partial charge in [-0.25, -0.2) is 4.89 Å². The molecule has 4 bridgehead atoms. The average Bonchev–Trinajstić information content (AvgIpc) is 2.18. The van der Waals surface area contributed by atoms with E-state index < -0.39 is 5.60 Å². The molecular weight excluding hydrogens is 180 g/mol. The molecule has 3 nitrogen and oxygen atoms in total. The van der Waals surface area contributed by atoms with Gasteiger partial charge in [0.05, 0.1) is 6.61 Å². The molecule has 2 N–H and O–H groups in total. The molecule has 0 radical (unpaired) electrons. The first-order valence-corrected chi connectivity index (χ1v) is 5.72. The van der Waals surface area contributed by atoms with E-state index in [1.54, 1.807) is 0 Å². The standard InChI is InChI=1S/C11H18O3/c12-6-11(14-13)9-2-7-1-8(4-9)5-10(11)3-7/h7-10,12-13H,1-6H2. The molecule has 4 saturated carbocycles. The molecule has 14 heavy (non-hydrogen) atoms. The van der Waals surface area contributed by atoms with Gasteiger partial charge in [-0.3, -0.25) is 5.26 Å². The van der Waals surface area contributed by atoms with Crippen molar-refractivity contribution in [3.63, 3.8) is 0 Å². The van der Waals surface area contributed by atoms with Crippen molar-refractivity contribution < 1.29 is 15.3 Å². The maximum absolute atomic E-state index is 9.46. The number of aliphatic hydroxyl groups is 1. The van der Waals surface area contributed by atoms with E-state index in [0.29, 0.717) is 11.8 Å². The van der Waals surface area contributed by atoms with Crippen LogP contribution in [0.25, 0.3) is 0 Å². The number of aliphatic hydroxyl groups excluding tert-OH is 1. The fraction of sp³-hybridized carbons (Fsp3) is 1.00. The third-order valence-corrected chi connectivity index (χ3v) is 4.94. The minimum absolute atomic E-state index is 0.0156. The average molecular weight is 198 g/mol. The van der Waals surface area contributed by atoms with E-state index in [9.17, 15) is 5.11 Å². The number of hydrogen-bond donors (Lipinski definition) is 2. The van der Waals surface area contributed by atoms with E-state index in [0.717, 1.165) is 37.5 Å². The zero-order chi connectivity index (χ0) is 9.76. The Morgan fingerprint density at radius 2 is 1.50 bits per heavy atom. The molecule has 80 valence electrons. The number of hydrogen-bond acceptors (Lipinski definition) is 3. The second-order valence-corrected chi connectivity index (χ2v) is 5.51. The van der Waals surface area contributed by atoms with Crippen LogP contribution < -0.4 is 0 Å². The number of rotatable bonds is 2. The molecule has 0 aliphatic heterocycles. The Hall–Kier alpha value is -0.120. The zero-order valence-electron chi connectivity index (χ0n) is 8.35. The van der Waals surface area contributed by atoms with Crippen LogP contribution in [0.1, 0.15) is 32.1 Å².